The largest absolute Gasteiger partial charge is 0.508 e. The molecule has 0 heterocycles. The Morgan fingerprint density at radius 1 is 0.923 bits per heavy atom. The molecule has 3 aromatic carbocycles. The molecule has 26 heavy (non-hydrogen) atoms. The highest BCUT2D eigenvalue weighted by atomic mass is 32.2. The van der Waals surface area contributed by atoms with Crippen LogP contribution in [0.4, 0.5) is 0 Å². The summed E-state index contributed by atoms with van der Waals surface area (Å²) in [7, 11) is -3.65. The van der Waals surface area contributed by atoms with E-state index in [-0.39, 0.29) is 15.5 Å². The van der Waals surface area contributed by atoms with Crippen molar-refractivity contribution in [1.82, 2.24) is 0 Å². The van der Waals surface area contributed by atoms with E-state index in [4.69, 9.17) is 11.2 Å². The first kappa shape index (κ1) is 17.6. The predicted octanol–water partition coefficient (Wildman–Crippen LogP) is 4.31. The molecule has 0 saturated carbocycles. The van der Waals surface area contributed by atoms with E-state index in [2.05, 4.69) is 5.92 Å². The van der Waals surface area contributed by atoms with E-state index in [1.807, 2.05) is 13.0 Å². The molecule has 1 N–H and O–H groups in total. The molecule has 0 fully saturated rings. The second-order valence-electron chi connectivity index (χ2n) is 5.70. The minimum Gasteiger partial charge on any atom is -0.508 e. The maximum Gasteiger partial charge on any atom is 0.206 e. The van der Waals surface area contributed by atoms with Gasteiger partial charge in [-0.15, -0.1) is 6.42 Å². The highest BCUT2D eigenvalue weighted by molar-refractivity contribution is 7.91. The molecule has 130 valence electrons. The molecular formula is C21H16O4S. The van der Waals surface area contributed by atoms with Gasteiger partial charge in [-0.05, 0) is 79.2 Å². The first-order valence-corrected chi connectivity index (χ1v) is 9.28. The summed E-state index contributed by atoms with van der Waals surface area (Å²) >= 11 is 0. The van der Waals surface area contributed by atoms with Crippen molar-refractivity contribution >= 4 is 9.84 Å². The number of sulfone groups is 1. The lowest BCUT2D eigenvalue weighted by Gasteiger charge is -2.10. The molecule has 0 aliphatic heterocycles. The molecule has 0 aliphatic carbocycles. The average molecular weight is 364 g/mol. The zero-order chi connectivity index (χ0) is 18.7. The maximum atomic E-state index is 12.6. The monoisotopic (exact) mass is 364 g/mol. The molecule has 0 saturated heterocycles. The first-order valence-electron chi connectivity index (χ1n) is 7.79. The summed E-state index contributed by atoms with van der Waals surface area (Å²) in [5, 5.41) is 9.30. The van der Waals surface area contributed by atoms with Crippen LogP contribution in [-0.2, 0) is 9.84 Å². The number of benzene rings is 3. The number of terminal acetylenes is 1. The fourth-order valence-corrected chi connectivity index (χ4v) is 3.69. The Balaban J connectivity index is 1.85. The van der Waals surface area contributed by atoms with Crippen molar-refractivity contribution in [2.75, 3.05) is 0 Å². The van der Waals surface area contributed by atoms with Crippen molar-refractivity contribution in [2.24, 2.45) is 0 Å². The summed E-state index contributed by atoms with van der Waals surface area (Å²) in [6.07, 6.45) is 5.37. The van der Waals surface area contributed by atoms with Gasteiger partial charge in [0.1, 0.15) is 17.2 Å². The van der Waals surface area contributed by atoms with Gasteiger partial charge in [0.15, 0.2) is 0 Å². The number of rotatable bonds is 4. The van der Waals surface area contributed by atoms with Crippen molar-refractivity contribution in [3.8, 4) is 29.6 Å². The van der Waals surface area contributed by atoms with E-state index >= 15 is 0 Å². The molecule has 3 rings (SSSR count). The minimum atomic E-state index is -3.65. The molecule has 4 nitrogen and oxygen atoms in total. The van der Waals surface area contributed by atoms with Crippen LogP contribution in [0.5, 0.6) is 17.2 Å². The number of phenolic OH excluding ortho intramolecular Hbond substituents is 1. The van der Waals surface area contributed by atoms with Gasteiger partial charge in [-0.25, -0.2) is 8.42 Å². The molecule has 0 bridgehead atoms. The Kier molecular flexibility index (Phi) is 4.70. The smallest absolute Gasteiger partial charge is 0.206 e. The molecule has 0 atom stereocenters. The van der Waals surface area contributed by atoms with Crippen LogP contribution < -0.4 is 4.74 Å². The predicted molar refractivity (Wildman–Crippen MR) is 99.2 cm³/mol. The van der Waals surface area contributed by atoms with E-state index in [0.29, 0.717) is 11.5 Å². The number of hydrogen-bond donors (Lipinski definition) is 1. The van der Waals surface area contributed by atoms with Crippen LogP contribution in [0, 0.1) is 19.3 Å². The SMILES string of the molecule is C#Cc1ccc(Oc2ccc(S(=O)(=O)c3ccc(O)cc3)cc2)c(C)c1. The fourth-order valence-electron chi connectivity index (χ4n) is 2.43. The number of aromatic hydroxyl groups is 1. The summed E-state index contributed by atoms with van der Waals surface area (Å²) in [5.74, 6) is 3.75. The van der Waals surface area contributed by atoms with Gasteiger partial charge in [0.05, 0.1) is 9.79 Å². The van der Waals surface area contributed by atoms with Gasteiger partial charge >= 0.3 is 0 Å². The van der Waals surface area contributed by atoms with Crippen molar-refractivity contribution in [3.63, 3.8) is 0 Å². The molecule has 0 amide bonds. The van der Waals surface area contributed by atoms with Crippen molar-refractivity contribution in [3.05, 3.63) is 77.9 Å². The highest BCUT2D eigenvalue weighted by Gasteiger charge is 2.17. The zero-order valence-corrected chi connectivity index (χ0v) is 14.8. The second kappa shape index (κ2) is 6.95. The van der Waals surface area contributed by atoms with E-state index in [1.54, 1.807) is 24.3 Å². The van der Waals surface area contributed by atoms with Gasteiger partial charge in [-0.2, -0.15) is 0 Å². The van der Waals surface area contributed by atoms with Crippen molar-refractivity contribution in [2.45, 2.75) is 16.7 Å². The van der Waals surface area contributed by atoms with Gasteiger partial charge < -0.3 is 9.84 Å². The maximum absolute atomic E-state index is 12.6. The summed E-state index contributed by atoms with van der Waals surface area (Å²) in [6, 6.07) is 17.0. The number of hydrogen-bond acceptors (Lipinski definition) is 4. The molecular weight excluding hydrogens is 348 g/mol. The van der Waals surface area contributed by atoms with E-state index in [1.165, 1.54) is 36.4 Å². The molecule has 0 aromatic heterocycles. The average Bonchev–Trinajstić information content (AvgIpc) is 2.64. The molecule has 0 aliphatic rings. The van der Waals surface area contributed by atoms with Gasteiger partial charge in [-0.1, -0.05) is 5.92 Å². The van der Waals surface area contributed by atoms with Gasteiger partial charge in [0.2, 0.25) is 9.84 Å². The minimum absolute atomic E-state index is 0.0129. The molecule has 0 radical (unpaired) electrons. The normalized spacial score (nSPS) is 10.9. The van der Waals surface area contributed by atoms with Crippen LogP contribution in [0.2, 0.25) is 0 Å². The summed E-state index contributed by atoms with van der Waals surface area (Å²) in [4.78, 5) is 0.264. The Labute approximate surface area is 152 Å². The summed E-state index contributed by atoms with van der Waals surface area (Å²) in [6.45, 7) is 1.89. The van der Waals surface area contributed by atoms with Crippen LogP contribution in [0.1, 0.15) is 11.1 Å². The van der Waals surface area contributed by atoms with E-state index in [9.17, 15) is 13.5 Å². The van der Waals surface area contributed by atoms with Crippen LogP contribution in [-0.4, -0.2) is 13.5 Å². The second-order valence-corrected chi connectivity index (χ2v) is 7.65. The zero-order valence-electron chi connectivity index (χ0n) is 14.0. The number of phenols is 1. The topological polar surface area (TPSA) is 63.6 Å². The van der Waals surface area contributed by atoms with E-state index in [0.717, 1.165) is 11.1 Å². The third kappa shape index (κ3) is 3.56. The third-order valence-electron chi connectivity index (χ3n) is 3.85. The van der Waals surface area contributed by atoms with Crippen LogP contribution in [0.3, 0.4) is 0 Å². The molecule has 3 aromatic rings. The molecule has 0 unspecified atom stereocenters. The Bertz CT molecular complexity index is 1070. The lowest BCUT2D eigenvalue weighted by Crippen LogP contribution is -2.01. The Morgan fingerprint density at radius 2 is 1.50 bits per heavy atom. The lowest BCUT2D eigenvalue weighted by molar-refractivity contribution is 0.475. The van der Waals surface area contributed by atoms with Crippen molar-refractivity contribution < 1.29 is 18.3 Å². The Hall–Kier alpha value is -3.23. The fraction of sp³-hybridized carbons (Fsp3) is 0.0476. The number of ether oxygens (including phenoxy) is 1. The van der Waals surface area contributed by atoms with Gasteiger partial charge in [0.25, 0.3) is 0 Å². The highest BCUT2D eigenvalue weighted by Crippen LogP contribution is 2.28. The van der Waals surface area contributed by atoms with Gasteiger partial charge in [0, 0.05) is 5.56 Å². The van der Waals surface area contributed by atoms with Crippen LogP contribution in [0.15, 0.2) is 76.5 Å². The standard InChI is InChI=1S/C21H16O4S/c1-3-16-4-13-21(15(2)14-16)25-18-7-11-20(12-8-18)26(23,24)19-9-5-17(22)6-10-19/h1,4-14,22H,2H3. The van der Waals surface area contributed by atoms with E-state index < -0.39 is 9.84 Å². The van der Waals surface area contributed by atoms with Gasteiger partial charge in [-0.3, -0.25) is 0 Å². The quantitative estimate of drug-likeness (QED) is 0.701. The lowest BCUT2D eigenvalue weighted by atomic mass is 10.1. The third-order valence-corrected chi connectivity index (χ3v) is 5.64. The molecule has 0 spiro atoms. The summed E-state index contributed by atoms with van der Waals surface area (Å²) < 4.78 is 31.0. The first-order chi connectivity index (χ1) is 12.4. The van der Waals surface area contributed by atoms with Crippen molar-refractivity contribution in [1.29, 1.82) is 0 Å². The van der Waals surface area contributed by atoms with Crippen LogP contribution in [0.25, 0.3) is 0 Å². The molecule has 5 heteroatoms. The number of aryl methyl sites for hydroxylation is 1. The Morgan fingerprint density at radius 3 is 2.04 bits per heavy atom. The van der Waals surface area contributed by atoms with Crippen LogP contribution >= 0.6 is 0 Å². The summed E-state index contributed by atoms with van der Waals surface area (Å²) in [5.41, 5.74) is 1.66.